The molecule has 0 fully saturated rings. The van der Waals surface area contributed by atoms with Gasteiger partial charge in [0.25, 0.3) is 0 Å². The number of hydrogen-bond donors (Lipinski definition) is 1. The Kier molecular flexibility index (Phi) is 4.27. The standard InChI is InChI=1S/C14H19NO3S/c1-11(2)18-14-6-4-3-5-12(14)9-15-13-7-8-19(16,17)10-13/h3-8,11,13,15H,9-10H2,1-2H3. The molecule has 0 aliphatic carbocycles. The first-order valence-electron chi connectivity index (χ1n) is 6.35. The van der Waals surface area contributed by atoms with Crippen molar-refractivity contribution in [3.05, 3.63) is 41.3 Å². The van der Waals surface area contributed by atoms with E-state index in [9.17, 15) is 8.42 Å². The van der Waals surface area contributed by atoms with E-state index in [0.29, 0.717) is 6.54 Å². The van der Waals surface area contributed by atoms with Crippen LogP contribution in [0.15, 0.2) is 35.7 Å². The van der Waals surface area contributed by atoms with Gasteiger partial charge in [-0.05, 0) is 19.9 Å². The summed E-state index contributed by atoms with van der Waals surface area (Å²) in [6.07, 6.45) is 1.81. The zero-order valence-electron chi connectivity index (χ0n) is 11.2. The van der Waals surface area contributed by atoms with Gasteiger partial charge in [-0.3, -0.25) is 0 Å². The molecule has 104 valence electrons. The quantitative estimate of drug-likeness (QED) is 0.895. The molecule has 0 saturated heterocycles. The van der Waals surface area contributed by atoms with Crippen molar-refractivity contribution in [3.63, 3.8) is 0 Å². The van der Waals surface area contributed by atoms with E-state index in [2.05, 4.69) is 5.32 Å². The van der Waals surface area contributed by atoms with Crippen molar-refractivity contribution in [1.82, 2.24) is 5.32 Å². The second-order valence-electron chi connectivity index (χ2n) is 4.92. The van der Waals surface area contributed by atoms with Gasteiger partial charge in [0.1, 0.15) is 5.75 Å². The normalized spacial score (nSPS) is 20.9. The van der Waals surface area contributed by atoms with Crippen LogP contribution in [0, 0.1) is 0 Å². The lowest BCUT2D eigenvalue weighted by atomic mass is 10.2. The third-order valence-corrected chi connectivity index (χ3v) is 4.22. The lowest BCUT2D eigenvalue weighted by Crippen LogP contribution is -2.29. The molecule has 1 aromatic rings. The van der Waals surface area contributed by atoms with Crippen LogP contribution in [0.5, 0.6) is 5.75 Å². The average Bonchev–Trinajstić information content (AvgIpc) is 2.67. The van der Waals surface area contributed by atoms with Gasteiger partial charge < -0.3 is 10.1 Å². The summed E-state index contributed by atoms with van der Waals surface area (Å²) >= 11 is 0. The molecular formula is C14H19NO3S. The van der Waals surface area contributed by atoms with E-state index in [1.54, 1.807) is 6.08 Å². The van der Waals surface area contributed by atoms with Crippen molar-refractivity contribution in [2.45, 2.75) is 32.5 Å². The number of benzene rings is 1. The van der Waals surface area contributed by atoms with Crippen LogP contribution in [0.4, 0.5) is 0 Å². The van der Waals surface area contributed by atoms with E-state index in [-0.39, 0.29) is 17.9 Å². The summed E-state index contributed by atoms with van der Waals surface area (Å²) in [5, 5.41) is 4.50. The van der Waals surface area contributed by atoms with E-state index in [1.165, 1.54) is 5.41 Å². The van der Waals surface area contributed by atoms with Gasteiger partial charge in [-0.15, -0.1) is 0 Å². The smallest absolute Gasteiger partial charge is 0.173 e. The fourth-order valence-corrected chi connectivity index (χ4v) is 3.23. The SMILES string of the molecule is CC(C)Oc1ccccc1CNC1C=CS(=O)(=O)C1. The van der Waals surface area contributed by atoms with Crippen LogP contribution in [-0.2, 0) is 16.4 Å². The Balaban J connectivity index is 1.98. The van der Waals surface area contributed by atoms with Gasteiger partial charge in [0.15, 0.2) is 9.84 Å². The molecule has 0 bridgehead atoms. The molecule has 2 rings (SSSR count). The van der Waals surface area contributed by atoms with Gasteiger partial charge in [-0.25, -0.2) is 8.42 Å². The Morgan fingerprint density at radius 3 is 2.74 bits per heavy atom. The zero-order valence-corrected chi connectivity index (χ0v) is 12.0. The van der Waals surface area contributed by atoms with E-state index < -0.39 is 9.84 Å². The number of hydrogen-bond acceptors (Lipinski definition) is 4. The molecule has 5 heteroatoms. The first-order chi connectivity index (χ1) is 8.96. The fraction of sp³-hybridized carbons (Fsp3) is 0.429. The third-order valence-electron chi connectivity index (χ3n) is 2.82. The summed E-state index contributed by atoms with van der Waals surface area (Å²) in [4.78, 5) is 0. The molecule has 1 aliphatic rings. The largest absolute Gasteiger partial charge is 0.491 e. The first kappa shape index (κ1) is 14.1. The van der Waals surface area contributed by atoms with Gasteiger partial charge in [0, 0.05) is 23.6 Å². The first-order valence-corrected chi connectivity index (χ1v) is 8.07. The maximum atomic E-state index is 11.3. The highest BCUT2D eigenvalue weighted by molar-refractivity contribution is 7.94. The molecular weight excluding hydrogens is 262 g/mol. The van der Waals surface area contributed by atoms with Gasteiger partial charge in [-0.1, -0.05) is 24.3 Å². The lowest BCUT2D eigenvalue weighted by Gasteiger charge is -2.16. The highest BCUT2D eigenvalue weighted by Crippen LogP contribution is 2.19. The van der Waals surface area contributed by atoms with Gasteiger partial charge in [-0.2, -0.15) is 0 Å². The summed E-state index contributed by atoms with van der Waals surface area (Å²) < 4.78 is 28.4. The summed E-state index contributed by atoms with van der Waals surface area (Å²) in [7, 11) is -3.00. The third kappa shape index (κ3) is 4.08. The topological polar surface area (TPSA) is 55.4 Å². The highest BCUT2D eigenvalue weighted by Gasteiger charge is 2.21. The van der Waals surface area contributed by atoms with Gasteiger partial charge in [0.05, 0.1) is 11.9 Å². The van der Waals surface area contributed by atoms with Crippen LogP contribution in [-0.4, -0.2) is 26.3 Å². The predicted molar refractivity (Wildman–Crippen MR) is 75.8 cm³/mol. The number of nitrogens with one attached hydrogen (secondary N) is 1. The van der Waals surface area contributed by atoms with Crippen LogP contribution in [0.1, 0.15) is 19.4 Å². The van der Waals surface area contributed by atoms with Gasteiger partial charge in [0.2, 0.25) is 0 Å². The second kappa shape index (κ2) is 5.75. The van der Waals surface area contributed by atoms with Crippen LogP contribution in [0.2, 0.25) is 0 Å². The molecule has 1 unspecified atom stereocenters. The number of para-hydroxylation sites is 1. The van der Waals surface area contributed by atoms with E-state index in [1.807, 2.05) is 38.1 Å². The molecule has 0 amide bonds. The van der Waals surface area contributed by atoms with Crippen molar-refractivity contribution in [2.24, 2.45) is 0 Å². The van der Waals surface area contributed by atoms with E-state index in [0.717, 1.165) is 11.3 Å². The zero-order chi connectivity index (χ0) is 13.9. The Bertz CT molecular complexity index is 564. The maximum Gasteiger partial charge on any atom is 0.173 e. The average molecular weight is 281 g/mol. The summed E-state index contributed by atoms with van der Waals surface area (Å²) in [5.41, 5.74) is 1.04. The van der Waals surface area contributed by atoms with Crippen LogP contribution in [0.25, 0.3) is 0 Å². The van der Waals surface area contributed by atoms with E-state index >= 15 is 0 Å². The van der Waals surface area contributed by atoms with Crippen molar-refractivity contribution < 1.29 is 13.2 Å². The molecule has 1 heterocycles. The van der Waals surface area contributed by atoms with Crippen molar-refractivity contribution in [3.8, 4) is 5.75 Å². The second-order valence-corrected chi connectivity index (χ2v) is 6.85. The van der Waals surface area contributed by atoms with Crippen LogP contribution >= 0.6 is 0 Å². The molecule has 0 saturated carbocycles. The molecule has 0 spiro atoms. The number of ether oxygens (including phenoxy) is 1. The number of rotatable bonds is 5. The minimum absolute atomic E-state index is 0.114. The minimum Gasteiger partial charge on any atom is -0.491 e. The van der Waals surface area contributed by atoms with Crippen molar-refractivity contribution in [2.75, 3.05) is 5.75 Å². The van der Waals surface area contributed by atoms with Crippen LogP contribution in [0.3, 0.4) is 0 Å². The molecule has 0 aromatic heterocycles. The molecule has 1 aliphatic heterocycles. The minimum atomic E-state index is -3.00. The van der Waals surface area contributed by atoms with Crippen LogP contribution < -0.4 is 10.1 Å². The van der Waals surface area contributed by atoms with Gasteiger partial charge >= 0.3 is 0 Å². The molecule has 0 radical (unpaired) electrons. The molecule has 19 heavy (non-hydrogen) atoms. The lowest BCUT2D eigenvalue weighted by molar-refractivity contribution is 0.239. The fourth-order valence-electron chi connectivity index (χ4n) is 1.96. The Morgan fingerprint density at radius 2 is 2.11 bits per heavy atom. The summed E-state index contributed by atoms with van der Waals surface area (Å²) in [5.74, 6) is 0.982. The van der Waals surface area contributed by atoms with Crippen molar-refractivity contribution >= 4 is 9.84 Å². The molecule has 4 nitrogen and oxygen atoms in total. The van der Waals surface area contributed by atoms with Crippen molar-refractivity contribution in [1.29, 1.82) is 0 Å². The molecule has 1 N–H and O–H groups in total. The predicted octanol–water partition coefficient (Wildman–Crippen LogP) is 1.87. The summed E-state index contributed by atoms with van der Waals surface area (Å²) in [6.45, 7) is 4.56. The summed E-state index contributed by atoms with van der Waals surface area (Å²) in [6, 6.07) is 7.68. The van der Waals surface area contributed by atoms with E-state index in [4.69, 9.17) is 4.74 Å². The Hall–Kier alpha value is -1.33. The Morgan fingerprint density at radius 1 is 1.37 bits per heavy atom. The molecule has 1 aromatic carbocycles. The molecule has 1 atom stereocenters. The Labute approximate surface area is 114 Å². The maximum absolute atomic E-state index is 11.3. The highest BCUT2D eigenvalue weighted by atomic mass is 32.2. The monoisotopic (exact) mass is 281 g/mol. The number of sulfone groups is 1.